The van der Waals surface area contributed by atoms with Gasteiger partial charge in [0.1, 0.15) is 0 Å². The summed E-state index contributed by atoms with van der Waals surface area (Å²) in [5.74, 6) is 1.18. The first kappa shape index (κ1) is 21.7. The predicted octanol–water partition coefficient (Wildman–Crippen LogP) is 4.48. The molecule has 1 atom stereocenters. The van der Waals surface area contributed by atoms with E-state index in [0.29, 0.717) is 5.02 Å². The average Bonchev–Trinajstić information content (AvgIpc) is 3.03. The van der Waals surface area contributed by atoms with Crippen LogP contribution >= 0.6 is 23.4 Å². The zero-order valence-electron chi connectivity index (χ0n) is 16.4. The lowest BCUT2D eigenvalue weighted by atomic mass is 10.2. The average molecular weight is 410 g/mol. The predicted molar refractivity (Wildman–Crippen MR) is 112 cm³/mol. The highest BCUT2D eigenvalue weighted by Crippen LogP contribution is 2.26. The number of carbonyl (C=O) groups is 1. The van der Waals surface area contributed by atoms with E-state index in [1.165, 1.54) is 11.8 Å². The molecule has 148 valence electrons. The zero-order chi connectivity index (χ0) is 19.8. The lowest BCUT2D eigenvalue weighted by Crippen LogP contribution is -2.23. The maximum atomic E-state index is 12.3. The molecule has 8 heteroatoms. The molecule has 0 aliphatic carbocycles. The molecule has 6 nitrogen and oxygen atoms in total. The smallest absolute Gasteiger partial charge is 0.234 e. The first-order valence-corrected chi connectivity index (χ1v) is 10.6. The fourth-order valence-electron chi connectivity index (χ4n) is 2.82. The molecule has 1 amide bonds. The molecular weight excluding hydrogens is 382 g/mol. The van der Waals surface area contributed by atoms with Gasteiger partial charge in [0.2, 0.25) is 5.91 Å². The number of thioether (sulfide) groups is 1. The van der Waals surface area contributed by atoms with Crippen LogP contribution in [0.1, 0.15) is 45.0 Å². The second-order valence-electron chi connectivity index (χ2n) is 6.58. The molecule has 1 aromatic carbocycles. The van der Waals surface area contributed by atoms with Crippen LogP contribution in [0.5, 0.6) is 0 Å². The molecule has 1 aromatic heterocycles. The minimum Gasteiger partial charge on any atom is -0.325 e. The van der Waals surface area contributed by atoms with E-state index in [1.54, 1.807) is 24.3 Å². The van der Waals surface area contributed by atoms with Crippen molar-refractivity contribution in [1.82, 2.24) is 19.7 Å². The van der Waals surface area contributed by atoms with E-state index in [9.17, 15) is 4.79 Å². The number of halogens is 1. The molecule has 0 radical (unpaired) electrons. The van der Waals surface area contributed by atoms with Crippen LogP contribution in [0.15, 0.2) is 29.4 Å². The summed E-state index contributed by atoms with van der Waals surface area (Å²) >= 11 is 7.29. The number of aromatic nitrogens is 3. The Hall–Kier alpha value is -1.57. The van der Waals surface area contributed by atoms with Crippen LogP contribution in [0.3, 0.4) is 0 Å². The fraction of sp³-hybridized carbons (Fsp3) is 0.526. The van der Waals surface area contributed by atoms with Crippen molar-refractivity contribution in [3.05, 3.63) is 35.1 Å². The third-order valence-electron chi connectivity index (χ3n) is 4.25. The number of anilines is 1. The van der Waals surface area contributed by atoms with Crippen molar-refractivity contribution >= 4 is 35.0 Å². The largest absolute Gasteiger partial charge is 0.325 e. The maximum Gasteiger partial charge on any atom is 0.234 e. The third-order valence-corrected chi connectivity index (χ3v) is 5.47. The summed E-state index contributed by atoms with van der Waals surface area (Å²) in [6.07, 6.45) is 3.11. The Bertz CT molecular complexity index is 732. The second-order valence-corrected chi connectivity index (χ2v) is 7.96. The van der Waals surface area contributed by atoms with Crippen LogP contribution in [-0.2, 0) is 11.3 Å². The molecule has 0 aliphatic rings. The van der Waals surface area contributed by atoms with Gasteiger partial charge in [-0.3, -0.25) is 9.69 Å². The Kier molecular flexibility index (Phi) is 8.60. The molecule has 0 fully saturated rings. The summed E-state index contributed by atoms with van der Waals surface area (Å²) in [6, 6.07) is 7.30. The van der Waals surface area contributed by atoms with Gasteiger partial charge in [-0.25, -0.2) is 0 Å². The quantitative estimate of drug-likeness (QED) is 0.586. The summed E-state index contributed by atoms with van der Waals surface area (Å²) in [5, 5.41) is 13.1. The summed E-state index contributed by atoms with van der Waals surface area (Å²) in [5.41, 5.74) is 0.733. The van der Waals surface area contributed by atoms with Crippen LogP contribution in [0.2, 0.25) is 5.02 Å². The molecule has 0 saturated heterocycles. The van der Waals surface area contributed by atoms with E-state index >= 15 is 0 Å². The third kappa shape index (κ3) is 6.23. The fourth-order valence-corrected chi connectivity index (χ4v) is 3.72. The van der Waals surface area contributed by atoms with Crippen LogP contribution in [0.25, 0.3) is 0 Å². The SMILES string of the molecule is CCCCn1c(SCC(=O)Nc2ccc(Cl)cc2)nnc1C(CC)N(C)C. The van der Waals surface area contributed by atoms with Crippen molar-refractivity contribution in [1.29, 1.82) is 0 Å². The molecule has 1 heterocycles. The van der Waals surface area contributed by atoms with E-state index in [0.717, 1.165) is 42.5 Å². The highest BCUT2D eigenvalue weighted by molar-refractivity contribution is 7.99. The minimum atomic E-state index is -0.0754. The van der Waals surface area contributed by atoms with Gasteiger partial charge in [-0.15, -0.1) is 10.2 Å². The molecule has 2 aromatic rings. The lowest BCUT2D eigenvalue weighted by Gasteiger charge is -2.23. The van der Waals surface area contributed by atoms with Gasteiger partial charge >= 0.3 is 0 Å². The number of hydrogen-bond donors (Lipinski definition) is 1. The standard InChI is InChI=1S/C19H28ClN5OS/c1-5-7-12-25-18(16(6-2)24(3)4)22-23-19(25)27-13-17(26)21-15-10-8-14(20)9-11-15/h8-11,16H,5-7,12-13H2,1-4H3,(H,21,26). The Morgan fingerprint density at radius 1 is 1.26 bits per heavy atom. The van der Waals surface area contributed by atoms with Crippen molar-refractivity contribution < 1.29 is 4.79 Å². The molecule has 27 heavy (non-hydrogen) atoms. The van der Waals surface area contributed by atoms with Crippen LogP contribution in [0.4, 0.5) is 5.69 Å². The van der Waals surface area contributed by atoms with Crippen LogP contribution < -0.4 is 5.32 Å². The molecule has 1 N–H and O–H groups in total. The normalized spacial score (nSPS) is 12.4. The highest BCUT2D eigenvalue weighted by atomic mass is 35.5. The van der Waals surface area contributed by atoms with Crippen molar-refractivity contribution in [3.63, 3.8) is 0 Å². The molecule has 0 spiro atoms. The molecule has 2 rings (SSSR count). The second kappa shape index (κ2) is 10.7. The first-order valence-electron chi connectivity index (χ1n) is 9.24. The number of amides is 1. The minimum absolute atomic E-state index is 0.0754. The highest BCUT2D eigenvalue weighted by Gasteiger charge is 2.22. The van der Waals surface area contributed by atoms with E-state index in [-0.39, 0.29) is 17.7 Å². The van der Waals surface area contributed by atoms with Gasteiger partial charge in [0.25, 0.3) is 0 Å². The van der Waals surface area contributed by atoms with Gasteiger partial charge in [-0.1, -0.05) is 43.6 Å². The van der Waals surface area contributed by atoms with E-state index in [4.69, 9.17) is 11.6 Å². The number of nitrogens with zero attached hydrogens (tertiary/aromatic N) is 4. The van der Waals surface area contributed by atoms with Gasteiger partial charge in [-0.2, -0.15) is 0 Å². The Balaban J connectivity index is 2.06. The van der Waals surface area contributed by atoms with Crippen molar-refractivity contribution in [2.75, 3.05) is 25.2 Å². The monoisotopic (exact) mass is 409 g/mol. The number of benzene rings is 1. The molecule has 0 aliphatic heterocycles. The lowest BCUT2D eigenvalue weighted by molar-refractivity contribution is -0.113. The maximum absolute atomic E-state index is 12.3. The van der Waals surface area contributed by atoms with E-state index < -0.39 is 0 Å². The van der Waals surface area contributed by atoms with Crippen LogP contribution in [0, 0.1) is 0 Å². The Labute approximate surface area is 170 Å². The number of carbonyl (C=O) groups excluding carboxylic acids is 1. The first-order chi connectivity index (χ1) is 13.0. The van der Waals surface area contributed by atoms with Gasteiger partial charge in [-0.05, 0) is 51.2 Å². The topological polar surface area (TPSA) is 63.1 Å². The molecule has 1 unspecified atom stereocenters. The summed E-state index contributed by atoms with van der Waals surface area (Å²) in [4.78, 5) is 14.4. The number of hydrogen-bond acceptors (Lipinski definition) is 5. The Morgan fingerprint density at radius 3 is 2.56 bits per heavy atom. The molecule has 0 saturated carbocycles. The summed E-state index contributed by atoms with van der Waals surface area (Å²) < 4.78 is 2.16. The molecule has 0 bridgehead atoms. The molecular formula is C19H28ClN5OS. The zero-order valence-corrected chi connectivity index (χ0v) is 18.0. The summed E-state index contributed by atoms with van der Waals surface area (Å²) in [7, 11) is 4.11. The van der Waals surface area contributed by atoms with E-state index in [2.05, 4.69) is 52.9 Å². The summed E-state index contributed by atoms with van der Waals surface area (Å²) in [6.45, 7) is 5.18. The van der Waals surface area contributed by atoms with Crippen LogP contribution in [-0.4, -0.2) is 45.4 Å². The van der Waals surface area contributed by atoms with Crippen molar-refractivity contribution in [3.8, 4) is 0 Å². The Morgan fingerprint density at radius 2 is 1.96 bits per heavy atom. The van der Waals surface area contributed by atoms with Gasteiger partial charge in [0, 0.05) is 17.3 Å². The number of unbranched alkanes of at least 4 members (excludes halogenated alkanes) is 1. The van der Waals surface area contributed by atoms with Gasteiger partial charge in [0.05, 0.1) is 11.8 Å². The van der Waals surface area contributed by atoms with Crippen molar-refractivity contribution in [2.45, 2.75) is 50.9 Å². The number of rotatable bonds is 10. The van der Waals surface area contributed by atoms with Gasteiger partial charge < -0.3 is 9.88 Å². The van der Waals surface area contributed by atoms with E-state index in [1.807, 2.05) is 0 Å². The van der Waals surface area contributed by atoms with Gasteiger partial charge in [0.15, 0.2) is 11.0 Å². The number of nitrogens with one attached hydrogen (secondary N) is 1. The van der Waals surface area contributed by atoms with Crippen molar-refractivity contribution in [2.24, 2.45) is 0 Å².